The zero-order chi connectivity index (χ0) is 18.4. The SMILES string of the molecule is CCN1CCCC1CNC(=O)COCc1cc(-c2ccc(F)cc2)on1. The van der Waals surface area contributed by atoms with Crippen LogP contribution in [0.4, 0.5) is 4.39 Å². The van der Waals surface area contributed by atoms with Crippen molar-refractivity contribution in [3.8, 4) is 11.3 Å². The minimum absolute atomic E-state index is 0.0163. The standard InChI is InChI=1S/C19H24FN3O3/c1-2-23-9-3-4-17(23)11-21-19(24)13-25-12-16-10-18(26-22-16)14-5-7-15(20)8-6-14/h5-8,10,17H,2-4,9,11-13H2,1H3,(H,21,24). The zero-order valence-corrected chi connectivity index (χ0v) is 14.9. The highest BCUT2D eigenvalue weighted by Crippen LogP contribution is 2.21. The molecule has 0 spiro atoms. The van der Waals surface area contributed by atoms with E-state index in [4.69, 9.17) is 9.26 Å². The van der Waals surface area contributed by atoms with E-state index < -0.39 is 0 Å². The molecule has 140 valence electrons. The van der Waals surface area contributed by atoms with Crippen LogP contribution in [0.15, 0.2) is 34.9 Å². The number of amides is 1. The van der Waals surface area contributed by atoms with Gasteiger partial charge in [-0.1, -0.05) is 12.1 Å². The lowest BCUT2D eigenvalue weighted by molar-refractivity contribution is -0.126. The number of aromatic nitrogens is 1. The highest BCUT2D eigenvalue weighted by atomic mass is 19.1. The van der Waals surface area contributed by atoms with Crippen molar-refractivity contribution >= 4 is 5.91 Å². The van der Waals surface area contributed by atoms with Gasteiger partial charge >= 0.3 is 0 Å². The predicted octanol–water partition coefficient (Wildman–Crippen LogP) is 2.60. The van der Waals surface area contributed by atoms with Crippen LogP contribution < -0.4 is 5.32 Å². The van der Waals surface area contributed by atoms with E-state index in [1.54, 1.807) is 18.2 Å². The number of carbonyl (C=O) groups excluding carboxylic acids is 1. The van der Waals surface area contributed by atoms with Gasteiger partial charge in [-0.05, 0) is 50.2 Å². The van der Waals surface area contributed by atoms with E-state index in [1.165, 1.54) is 18.6 Å². The predicted molar refractivity (Wildman–Crippen MR) is 94.8 cm³/mol. The molecule has 2 aromatic rings. The summed E-state index contributed by atoms with van der Waals surface area (Å²) in [5, 5.41) is 6.84. The van der Waals surface area contributed by atoms with Crippen LogP contribution in [0.1, 0.15) is 25.5 Å². The third-order valence-electron chi connectivity index (χ3n) is 4.61. The lowest BCUT2D eigenvalue weighted by Crippen LogP contribution is -2.41. The number of nitrogens with one attached hydrogen (secondary N) is 1. The molecule has 1 N–H and O–H groups in total. The Hall–Kier alpha value is -2.25. The van der Waals surface area contributed by atoms with Crippen LogP contribution in [0, 0.1) is 5.82 Å². The number of halogens is 1. The Morgan fingerprint density at radius 2 is 2.23 bits per heavy atom. The summed E-state index contributed by atoms with van der Waals surface area (Å²) in [4.78, 5) is 14.3. The molecule has 1 fully saturated rings. The summed E-state index contributed by atoms with van der Waals surface area (Å²) in [5.41, 5.74) is 1.32. The Balaban J connectivity index is 1.39. The molecule has 0 bridgehead atoms. The van der Waals surface area contributed by atoms with E-state index >= 15 is 0 Å². The fourth-order valence-corrected chi connectivity index (χ4v) is 3.20. The van der Waals surface area contributed by atoms with E-state index in [0.29, 0.717) is 24.0 Å². The molecule has 1 aromatic heterocycles. The Labute approximate surface area is 152 Å². The molecule has 6 nitrogen and oxygen atoms in total. The lowest BCUT2D eigenvalue weighted by atomic mass is 10.1. The summed E-state index contributed by atoms with van der Waals surface area (Å²) in [5.74, 6) is 0.103. The van der Waals surface area contributed by atoms with Gasteiger partial charge in [0, 0.05) is 24.2 Å². The molecule has 2 heterocycles. The number of benzene rings is 1. The number of ether oxygens (including phenoxy) is 1. The van der Waals surface area contributed by atoms with Crippen LogP contribution >= 0.6 is 0 Å². The fourth-order valence-electron chi connectivity index (χ4n) is 3.20. The van der Waals surface area contributed by atoms with Gasteiger partial charge in [-0.25, -0.2) is 4.39 Å². The molecule has 1 unspecified atom stereocenters. The Morgan fingerprint density at radius 3 is 3.00 bits per heavy atom. The molecule has 0 aliphatic carbocycles. The second-order valence-electron chi connectivity index (χ2n) is 6.41. The number of carbonyl (C=O) groups is 1. The molecule has 0 radical (unpaired) electrons. The third kappa shape index (κ3) is 4.89. The molecule has 1 aromatic carbocycles. The minimum atomic E-state index is -0.303. The van der Waals surface area contributed by atoms with Crippen LogP contribution in [0.2, 0.25) is 0 Å². The monoisotopic (exact) mass is 361 g/mol. The molecule has 7 heteroatoms. The average Bonchev–Trinajstić information content (AvgIpc) is 3.29. The zero-order valence-electron chi connectivity index (χ0n) is 14.9. The van der Waals surface area contributed by atoms with Gasteiger partial charge in [0.1, 0.15) is 18.1 Å². The summed E-state index contributed by atoms with van der Waals surface area (Å²) in [6, 6.07) is 8.12. The number of likely N-dealkylation sites (N-methyl/N-ethyl adjacent to an activating group) is 1. The van der Waals surface area contributed by atoms with E-state index in [1.807, 2.05) is 0 Å². The van der Waals surface area contributed by atoms with Crippen molar-refractivity contribution in [3.63, 3.8) is 0 Å². The second-order valence-corrected chi connectivity index (χ2v) is 6.41. The molecule has 1 aliphatic heterocycles. The Morgan fingerprint density at radius 1 is 1.42 bits per heavy atom. The normalized spacial score (nSPS) is 17.5. The van der Waals surface area contributed by atoms with Gasteiger partial charge in [-0.15, -0.1) is 0 Å². The highest BCUT2D eigenvalue weighted by molar-refractivity contribution is 5.77. The van der Waals surface area contributed by atoms with Crippen molar-refractivity contribution in [2.45, 2.75) is 32.4 Å². The third-order valence-corrected chi connectivity index (χ3v) is 4.61. The summed E-state index contributed by atoms with van der Waals surface area (Å²) in [6.45, 7) is 5.09. The maximum Gasteiger partial charge on any atom is 0.246 e. The summed E-state index contributed by atoms with van der Waals surface area (Å²) in [7, 11) is 0. The smallest absolute Gasteiger partial charge is 0.246 e. The molecule has 26 heavy (non-hydrogen) atoms. The first-order chi connectivity index (χ1) is 12.7. The van der Waals surface area contributed by atoms with E-state index in [2.05, 4.69) is 22.3 Å². The van der Waals surface area contributed by atoms with Crippen LogP contribution in [0.25, 0.3) is 11.3 Å². The molecule has 3 rings (SSSR count). The number of nitrogens with zero attached hydrogens (tertiary/aromatic N) is 2. The number of hydrogen-bond donors (Lipinski definition) is 1. The maximum atomic E-state index is 12.9. The number of likely N-dealkylation sites (tertiary alicyclic amines) is 1. The topological polar surface area (TPSA) is 67.6 Å². The highest BCUT2D eigenvalue weighted by Gasteiger charge is 2.23. The Bertz CT molecular complexity index is 717. The van der Waals surface area contributed by atoms with Gasteiger partial charge in [0.2, 0.25) is 5.91 Å². The van der Waals surface area contributed by atoms with Crippen molar-refractivity contribution in [1.29, 1.82) is 0 Å². The molecule has 0 saturated carbocycles. The molecule has 1 aliphatic rings. The number of rotatable bonds is 8. The average molecular weight is 361 g/mol. The van der Waals surface area contributed by atoms with Crippen LogP contribution in [-0.4, -0.2) is 48.2 Å². The first-order valence-corrected chi connectivity index (χ1v) is 8.95. The molecular weight excluding hydrogens is 337 g/mol. The summed E-state index contributed by atoms with van der Waals surface area (Å²) in [6.07, 6.45) is 2.31. The van der Waals surface area contributed by atoms with Crippen LogP contribution in [0.3, 0.4) is 0 Å². The quantitative estimate of drug-likeness (QED) is 0.783. The molecule has 1 saturated heterocycles. The number of hydrogen-bond acceptors (Lipinski definition) is 5. The van der Waals surface area contributed by atoms with E-state index in [9.17, 15) is 9.18 Å². The van der Waals surface area contributed by atoms with Crippen molar-refractivity contribution in [2.75, 3.05) is 26.2 Å². The largest absolute Gasteiger partial charge is 0.365 e. The van der Waals surface area contributed by atoms with Crippen LogP contribution in [-0.2, 0) is 16.1 Å². The summed E-state index contributed by atoms with van der Waals surface area (Å²) < 4.78 is 23.6. The first kappa shape index (κ1) is 18.5. The first-order valence-electron chi connectivity index (χ1n) is 8.95. The Kier molecular flexibility index (Phi) is 6.35. The van der Waals surface area contributed by atoms with Crippen molar-refractivity contribution in [1.82, 2.24) is 15.4 Å². The molecular formula is C19H24FN3O3. The van der Waals surface area contributed by atoms with Gasteiger partial charge in [-0.3, -0.25) is 9.69 Å². The van der Waals surface area contributed by atoms with Gasteiger partial charge in [0.25, 0.3) is 0 Å². The van der Waals surface area contributed by atoms with Gasteiger partial charge in [0.05, 0.1) is 6.61 Å². The second kappa shape index (κ2) is 8.91. The van der Waals surface area contributed by atoms with E-state index in [0.717, 1.165) is 25.1 Å². The van der Waals surface area contributed by atoms with Gasteiger partial charge < -0.3 is 14.6 Å². The van der Waals surface area contributed by atoms with Crippen molar-refractivity contribution < 1.29 is 18.4 Å². The minimum Gasteiger partial charge on any atom is -0.365 e. The van der Waals surface area contributed by atoms with Crippen LogP contribution in [0.5, 0.6) is 0 Å². The van der Waals surface area contributed by atoms with Gasteiger partial charge in [0.15, 0.2) is 5.76 Å². The van der Waals surface area contributed by atoms with Gasteiger partial charge in [-0.2, -0.15) is 0 Å². The fraction of sp³-hybridized carbons (Fsp3) is 0.474. The van der Waals surface area contributed by atoms with Crippen molar-refractivity contribution in [3.05, 3.63) is 41.8 Å². The molecule has 1 amide bonds. The molecule has 1 atom stereocenters. The van der Waals surface area contributed by atoms with E-state index in [-0.39, 0.29) is 24.9 Å². The maximum absolute atomic E-state index is 12.9. The lowest BCUT2D eigenvalue weighted by Gasteiger charge is -2.22. The van der Waals surface area contributed by atoms with Crippen molar-refractivity contribution in [2.24, 2.45) is 0 Å². The summed E-state index contributed by atoms with van der Waals surface area (Å²) >= 11 is 0.